The van der Waals surface area contributed by atoms with Crippen LogP contribution < -0.4 is 19.9 Å². The number of rotatable bonds is 4. The largest absolute Gasteiger partial charge is 0.489 e. The number of aliphatic hydroxyl groups is 1. The molecule has 0 spiro atoms. The fraction of sp³-hybridized carbons (Fsp3) is 0.478. The van der Waals surface area contributed by atoms with Crippen LogP contribution in [-0.2, 0) is 22.0 Å². The maximum absolute atomic E-state index is 12.7. The number of nitrogens with zero attached hydrogens (tertiary/aromatic N) is 4. The van der Waals surface area contributed by atoms with Crippen molar-refractivity contribution < 1.29 is 18.8 Å². The van der Waals surface area contributed by atoms with Gasteiger partial charge in [-0.25, -0.2) is 4.98 Å². The first-order valence-electron chi connectivity index (χ1n) is 11.1. The molecular weight excluding hydrogens is 442 g/mol. The Bertz CT molecular complexity index is 1170. The molecule has 5 heterocycles. The van der Waals surface area contributed by atoms with Crippen molar-refractivity contribution in [2.45, 2.75) is 22.9 Å². The Balaban J connectivity index is 1.28. The van der Waals surface area contributed by atoms with Gasteiger partial charge in [-0.1, -0.05) is 5.92 Å². The van der Waals surface area contributed by atoms with Crippen LogP contribution in [0.25, 0.3) is 0 Å². The van der Waals surface area contributed by atoms with E-state index in [4.69, 9.17) is 25.9 Å². The number of anilines is 3. The zero-order chi connectivity index (χ0) is 22.6. The van der Waals surface area contributed by atoms with Crippen molar-refractivity contribution >= 4 is 28.3 Å². The van der Waals surface area contributed by atoms with Crippen molar-refractivity contribution in [3.8, 4) is 18.1 Å². The molecule has 0 bridgehead atoms. The Hall–Kier alpha value is -2.87. The van der Waals surface area contributed by atoms with Gasteiger partial charge in [0.05, 0.1) is 48.0 Å². The van der Waals surface area contributed by atoms with Gasteiger partial charge in [-0.05, 0) is 18.2 Å². The van der Waals surface area contributed by atoms with E-state index in [2.05, 4.69) is 21.0 Å². The highest BCUT2D eigenvalue weighted by Gasteiger charge is 2.41. The van der Waals surface area contributed by atoms with E-state index in [1.165, 1.54) is 0 Å². The third kappa shape index (κ3) is 3.42. The Morgan fingerprint density at radius 2 is 2.21 bits per heavy atom. The van der Waals surface area contributed by atoms with Gasteiger partial charge < -0.3 is 29.7 Å². The van der Waals surface area contributed by atoms with E-state index in [0.717, 1.165) is 35.8 Å². The molecule has 0 unspecified atom stereocenters. The smallest absolute Gasteiger partial charge is 0.227 e. The van der Waals surface area contributed by atoms with Gasteiger partial charge in [0.25, 0.3) is 0 Å². The second-order valence-electron chi connectivity index (χ2n) is 8.94. The quantitative estimate of drug-likeness (QED) is 0.618. The minimum atomic E-state index is -1.14. The van der Waals surface area contributed by atoms with E-state index in [9.17, 15) is 9.32 Å². The summed E-state index contributed by atoms with van der Waals surface area (Å²) in [6, 6.07) is 6.06. The molecule has 1 aromatic heterocycles. The lowest BCUT2D eigenvalue weighted by molar-refractivity contribution is -0.0653. The first-order chi connectivity index (χ1) is 16.1. The van der Waals surface area contributed by atoms with Crippen LogP contribution in [0.5, 0.6) is 5.75 Å². The zero-order valence-corrected chi connectivity index (χ0v) is 18.9. The van der Waals surface area contributed by atoms with Crippen LogP contribution >= 0.6 is 0 Å². The lowest BCUT2D eigenvalue weighted by Gasteiger charge is -2.45. The van der Waals surface area contributed by atoms with E-state index >= 15 is 0 Å². The van der Waals surface area contributed by atoms with Crippen LogP contribution in [0, 0.1) is 12.3 Å². The number of hydrogen-bond acceptors (Lipinski definition) is 9. The number of benzene rings is 1. The molecule has 2 atom stereocenters. The number of aryl methyl sites for hydroxylation is 1. The molecule has 2 N–H and O–H groups in total. The third-order valence-corrected chi connectivity index (χ3v) is 8.21. The minimum Gasteiger partial charge on any atom is -0.489 e. The summed E-state index contributed by atoms with van der Waals surface area (Å²) in [7, 11) is -1.14. The molecule has 6 rings (SSSR count). The predicted octanol–water partition coefficient (Wildman–Crippen LogP) is 0.382. The first-order valence-corrected chi connectivity index (χ1v) is 12.4. The number of nitrogens with one attached hydrogen (secondary N) is 1. The summed E-state index contributed by atoms with van der Waals surface area (Å²) in [5.74, 6) is 5.21. The highest BCUT2D eigenvalue weighted by molar-refractivity contribution is 7.85. The number of ether oxygens (including phenoxy) is 2. The van der Waals surface area contributed by atoms with Gasteiger partial charge in [-0.15, -0.1) is 6.42 Å². The molecular formula is C23H25N5O4S. The van der Waals surface area contributed by atoms with Crippen LogP contribution in [0.1, 0.15) is 11.3 Å². The minimum absolute atomic E-state index is 0.0768. The third-order valence-electron chi connectivity index (χ3n) is 6.75. The molecule has 0 radical (unpaired) electrons. The molecule has 1 aromatic carbocycles. The zero-order valence-electron chi connectivity index (χ0n) is 18.1. The summed E-state index contributed by atoms with van der Waals surface area (Å²) in [4.78, 5) is 14.8. The van der Waals surface area contributed by atoms with Crippen LogP contribution in [0.2, 0.25) is 0 Å². The van der Waals surface area contributed by atoms with Gasteiger partial charge in [0, 0.05) is 37.4 Å². The lowest BCUT2D eigenvalue weighted by Crippen LogP contribution is -2.59. The molecule has 4 aliphatic heterocycles. The second-order valence-corrected chi connectivity index (χ2v) is 10.4. The number of hydrogen-bond donors (Lipinski definition) is 2. The second kappa shape index (κ2) is 7.87. The average molecular weight is 468 g/mol. The summed E-state index contributed by atoms with van der Waals surface area (Å²) < 4.78 is 24.0. The number of terminal acetylenes is 1. The summed E-state index contributed by atoms with van der Waals surface area (Å²) in [6.07, 6.45) is 6.19. The maximum Gasteiger partial charge on any atom is 0.227 e. The average Bonchev–Trinajstić information content (AvgIpc) is 3.21. The molecule has 33 heavy (non-hydrogen) atoms. The van der Waals surface area contributed by atoms with Crippen LogP contribution in [0.3, 0.4) is 0 Å². The fourth-order valence-electron chi connectivity index (χ4n) is 4.85. The molecule has 2 fully saturated rings. The number of piperazine rings is 1. The van der Waals surface area contributed by atoms with Crippen molar-refractivity contribution in [3.63, 3.8) is 0 Å². The van der Waals surface area contributed by atoms with Crippen molar-refractivity contribution in [1.82, 2.24) is 9.97 Å². The fourth-order valence-corrected chi connectivity index (χ4v) is 6.16. The van der Waals surface area contributed by atoms with E-state index in [-0.39, 0.29) is 12.6 Å². The summed E-state index contributed by atoms with van der Waals surface area (Å²) >= 11 is 0. The number of aliphatic hydroxyl groups excluding tert-OH is 1. The Labute approximate surface area is 194 Å². The number of fused-ring (bicyclic) bond motifs is 4. The Morgan fingerprint density at radius 3 is 2.97 bits per heavy atom. The Morgan fingerprint density at radius 1 is 1.33 bits per heavy atom. The maximum atomic E-state index is 12.7. The molecule has 0 amide bonds. The highest BCUT2D eigenvalue weighted by atomic mass is 32.2. The molecule has 2 saturated heterocycles. The van der Waals surface area contributed by atoms with Gasteiger partial charge in [0.1, 0.15) is 28.6 Å². The summed E-state index contributed by atoms with van der Waals surface area (Å²) in [5, 5.41) is 13.2. The van der Waals surface area contributed by atoms with Gasteiger partial charge >= 0.3 is 0 Å². The molecule has 4 aliphatic rings. The topological polar surface area (TPSA) is 100 Å². The van der Waals surface area contributed by atoms with Gasteiger partial charge in [-0.3, -0.25) is 4.21 Å². The molecule has 9 nitrogen and oxygen atoms in total. The van der Waals surface area contributed by atoms with Gasteiger partial charge in [-0.2, -0.15) is 4.98 Å². The number of aromatic nitrogens is 2. The molecule has 172 valence electrons. The van der Waals surface area contributed by atoms with Gasteiger partial charge in [0.2, 0.25) is 5.95 Å². The molecule has 10 heteroatoms. The van der Waals surface area contributed by atoms with E-state index in [0.29, 0.717) is 55.2 Å². The van der Waals surface area contributed by atoms with Gasteiger partial charge in [0.15, 0.2) is 0 Å². The van der Waals surface area contributed by atoms with E-state index < -0.39 is 16.3 Å². The molecule has 0 aliphatic carbocycles. The first kappa shape index (κ1) is 20.7. The predicted molar refractivity (Wildman–Crippen MR) is 124 cm³/mol. The van der Waals surface area contributed by atoms with Crippen LogP contribution in [-0.4, -0.2) is 82.7 Å². The van der Waals surface area contributed by atoms with E-state index in [1.807, 2.05) is 18.2 Å². The van der Waals surface area contributed by atoms with Crippen molar-refractivity contribution in [3.05, 3.63) is 29.5 Å². The van der Waals surface area contributed by atoms with Crippen LogP contribution in [0.15, 0.2) is 23.1 Å². The summed E-state index contributed by atoms with van der Waals surface area (Å²) in [5.41, 5.74) is 2.12. The standard InChI is InChI=1S/C23H25N5O4S/c1-2-15-3-4-18-19(9-15)32-11-16-10-27(6-7-28(16)18)22-24-17-5-8-33(30)20(17)21(25-22)26-23(12-29)13-31-14-23/h1,3-4,9,16,29H,5-8,10-14H2,(H,24,25,26)/t16-,33-/m0/s1. The molecule has 0 saturated carbocycles. The molecule has 2 aromatic rings. The monoisotopic (exact) mass is 467 g/mol. The van der Waals surface area contributed by atoms with Crippen molar-refractivity contribution in [2.24, 2.45) is 0 Å². The SMILES string of the molecule is C#Cc1ccc2c(c1)OC[C@@H]1CN(c3nc4c(c(NC5(CO)COC5)n3)[S@@](=O)CC4)CCN21. The van der Waals surface area contributed by atoms with Crippen LogP contribution in [0.4, 0.5) is 17.5 Å². The lowest BCUT2D eigenvalue weighted by atomic mass is 9.99. The van der Waals surface area contributed by atoms with Crippen molar-refractivity contribution in [1.29, 1.82) is 0 Å². The Kier molecular flexibility index (Phi) is 4.94. The summed E-state index contributed by atoms with van der Waals surface area (Å²) in [6.45, 7) is 3.54. The normalized spacial score (nSPS) is 24.6. The van der Waals surface area contributed by atoms with E-state index in [1.54, 1.807) is 0 Å². The highest BCUT2D eigenvalue weighted by Crippen LogP contribution is 2.37. The van der Waals surface area contributed by atoms with Crippen molar-refractivity contribution in [2.75, 3.05) is 66.9 Å².